The van der Waals surface area contributed by atoms with E-state index in [0.717, 1.165) is 37.0 Å². The lowest BCUT2D eigenvalue weighted by Gasteiger charge is -2.34. The largest absolute Gasteiger partial charge is 0.369 e. The van der Waals surface area contributed by atoms with E-state index >= 15 is 0 Å². The zero-order chi connectivity index (χ0) is 11.7. The second kappa shape index (κ2) is 4.30. The summed E-state index contributed by atoms with van der Waals surface area (Å²) in [6, 6.07) is 6.50. The number of likely N-dealkylation sites (N-methyl/N-ethyl adjacent to an activating group) is 1. The quantitative estimate of drug-likeness (QED) is 0.738. The molecule has 2 aromatic rings. The van der Waals surface area contributed by atoms with Crippen LogP contribution in [0.5, 0.6) is 0 Å². The standard InChI is InChI=1S/C13H16N4/c1-16-4-6-17(7-5-16)13-3-2-11-9-14-15-10-12(11)8-13/h2-3,8-10H,4-7H2,1H3. The Bertz CT molecular complexity index is 518. The average Bonchev–Trinajstić information content (AvgIpc) is 2.39. The Morgan fingerprint density at radius 3 is 2.41 bits per heavy atom. The number of anilines is 1. The van der Waals surface area contributed by atoms with Gasteiger partial charge < -0.3 is 9.80 Å². The molecule has 2 heterocycles. The molecular formula is C13H16N4. The Morgan fingerprint density at radius 1 is 0.941 bits per heavy atom. The van der Waals surface area contributed by atoms with E-state index in [9.17, 15) is 0 Å². The summed E-state index contributed by atoms with van der Waals surface area (Å²) in [7, 11) is 2.17. The molecule has 0 atom stereocenters. The van der Waals surface area contributed by atoms with Crippen LogP contribution < -0.4 is 4.90 Å². The van der Waals surface area contributed by atoms with E-state index in [4.69, 9.17) is 0 Å². The third kappa shape index (κ3) is 2.08. The van der Waals surface area contributed by atoms with Gasteiger partial charge in [0.25, 0.3) is 0 Å². The number of aromatic nitrogens is 2. The lowest BCUT2D eigenvalue weighted by Crippen LogP contribution is -2.44. The first-order valence-electron chi connectivity index (χ1n) is 5.97. The molecule has 1 aliphatic rings. The molecule has 0 aliphatic carbocycles. The Morgan fingerprint density at radius 2 is 1.65 bits per heavy atom. The van der Waals surface area contributed by atoms with Crippen molar-refractivity contribution in [3.05, 3.63) is 30.6 Å². The second-order valence-corrected chi connectivity index (χ2v) is 4.59. The summed E-state index contributed by atoms with van der Waals surface area (Å²) in [4.78, 5) is 4.79. The molecule has 0 saturated carbocycles. The van der Waals surface area contributed by atoms with Crippen LogP contribution in [0.2, 0.25) is 0 Å². The fourth-order valence-electron chi connectivity index (χ4n) is 2.24. The number of rotatable bonds is 1. The summed E-state index contributed by atoms with van der Waals surface area (Å²) >= 11 is 0. The van der Waals surface area contributed by atoms with Crippen molar-refractivity contribution in [3.63, 3.8) is 0 Å². The summed E-state index contributed by atoms with van der Waals surface area (Å²) in [5.41, 5.74) is 1.29. The molecule has 1 aromatic carbocycles. The molecule has 1 aromatic heterocycles. The van der Waals surface area contributed by atoms with Crippen LogP contribution in [0.4, 0.5) is 5.69 Å². The summed E-state index contributed by atoms with van der Waals surface area (Å²) in [5, 5.41) is 10.1. The molecule has 1 fully saturated rings. The van der Waals surface area contributed by atoms with Gasteiger partial charge in [-0.25, -0.2) is 0 Å². The molecule has 0 amide bonds. The SMILES string of the molecule is CN1CCN(c2ccc3cnncc3c2)CC1. The van der Waals surface area contributed by atoms with E-state index in [1.807, 2.05) is 12.4 Å². The first-order chi connectivity index (χ1) is 8.33. The molecule has 4 heteroatoms. The molecule has 0 radical (unpaired) electrons. The highest BCUT2D eigenvalue weighted by molar-refractivity contribution is 5.84. The van der Waals surface area contributed by atoms with Gasteiger partial charge in [0.1, 0.15) is 0 Å². The highest BCUT2D eigenvalue weighted by atomic mass is 15.2. The highest BCUT2D eigenvalue weighted by Crippen LogP contribution is 2.21. The zero-order valence-corrected chi connectivity index (χ0v) is 10.0. The second-order valence-electron chi connectivity index (χ2n) is 4.59. The topological polar surface area (TPSA) is 32.3 Å². The van der Waals surface area contributed by atoms with Gasteiger partial charge in [0.2, 0.25) is 0 Å². The predicted molar refractivity (Wildman–Crippen MR) is 69.2 cm³/mol. The molecule has 17 heavy (non-hydrogen) atoms. The monoisotopic (exact) mass is 228 g/mol. The van der Waals surface area contributed by atoms with Gasteiger partial charge in [-0.3, -0.25) is 0 Å². The third-order valence-corrected chi connectivity index (χ3v) is 3.40. The van der Waals surface area contributed by atoms with Crippen LogP contribution in [0.15, 0.2) is 30.6 Å². The number of hydrogen-bond acceptors (Lipinski definition) is 4. The van der Waals surface area contributed by atoms with Gasteiger partial charge in [0, 0.05) is 42.6 Å². The van der Waals surface area contributed by atoms with Crippen LogP contribution in [-0.4, -0.2) is 48.3 Å². The van der Waals surface area contributed by atoms with Gasteiger partial charge in [0.15, 0.2) is 0 Å². The molecular weight excluding hydrogens is 212 g/mol. The normalized spacial score (nSPS) is 17.6. The summed E-state index contributed by atoms with van der Waals surface area (Å²) in [6.45, 7) is 4.46. The Kier molecular flexibility index (Phi) is 2.65. The van der Waals surface area contributed by atoms with Crippen molar-refractivity contribution in [1.82, 2.24) is 15.1 Å². The van der Waals surface area contributed by atoms with Gasteiger partial charge in [-0.2, -0.15) is 10.2 Å². The molecule has 3 rings (SSSR count). The van der Waals surface area contributed by atoms with E-state index in [0.29, 0.717) is 0 Å². The van der Waals surface area contributed by atoms with Crippen molar-refractivity contribution in [1.29, 1.82) is 0 Å². The van der Waals surface area contributed by atoms with Gasteiger partial charge in [-0.15, -0.1) is 0 Å². The molecule has 0 bridgehead atoms. The summed E-state index contributed by atoms with van der Waals surface area (Å²) in [6.07, 6.45) is 3.64. The van der Waals surface area contributed by atoms with Crippen molar-refractivity contribution in [2.45, 2.75) is 0 Å². The van der Waals surface area contributed by atoms with Gasteiger partial charge in [0.05, 0.1) is 12.4 Å². The number of nitrogens with zero attached hydrogens (tertiary/aromatic N) is 4. The maximum atomic E-state index is 3.93. The summed E-state index contributed by atoms with van der Waals surface area (Å²) < 4.78 is 0. The van der Waals surface area contributed by atoms with Gasteiger partial charge in [-0.05, 0) is 19.2 Å². The van der Waals surface area contributed by atoms with Crippen LogP contribution in [0, 0.1) is 0 Å². The fourth-order valence-corrected chi connectivity index (χ4v) is 2.24. The van der Waals surface area contributed by atoms with Crippen LogP contribution in [0.25, 0.3) is 10.8 Å². The molecule has 0 spiro atoms. The van der Waals surface area contributed by atoms with Crippen molar-refractivity contribution in [2.75, 3.05) is 38.1 Å². The van der Waals surface area contributed by atoms with E-state index < -0.39 is 0 Å². The maximum Gasteiger partial charge on any atom is 0.0575 e. The average molecular weight is 228 g/mol. The van der Waals surface area contributed by atoms with E-state index in [1.165, 1.54) is 5.69 Å². The van der Waals surface area contributed by atoms with Gasteiger partial charge in [-0.1, -0.05) is 6.07 Å². The van der Waals surface area contributed by atoms with Crippen molar-refractivity contribution >= 4 is 16.5 Å². The molecule has 88 valence electrons. The minimum Gasteiger partial charge on any atom is -0.369 e. The number of piperazine rings is 1. The summed E-state index contributed by atoms with van der Waals surface area (Å²) in [5.74, 6) is 0. The van der Waals surface area contributed by atoms with Crippen molar-refractivity contribution in [3.8, 4) is 0 Å². The lowest BCUT2D eigenvalue weighted by atomic mass is 10.1. The lowest BCUT2D eigenvalue weighted by molar-refractivity contribution is 0.313. The van der Waals surface area contributed by atoms with Gasteiger partial charge >= 0.3 is 0 Å². The smallest absolute Gasteiger partial charge is 0.0575 e. The highest BCUT2D eigenvalue weighted by Gasteiger charge is 2.14. The molecule has 1 aliphatic heterocycles. The maximum absolute atomic E-state index is 3.93. The first-order valence-corrected chi connectivity index (χ1v) is 5.97. The van der Waals surface area contributed by atoms with E-state index in [-0.39, 0.29) is 0 Å². The van der Waals surface area contributed by atoms with Crippen LogP contribution in [0.3, 0.4) is 0 Å². The number of benzene rings is 1. The molecule has 0 N–H and O–H groups in total. The van der Waals surface area contributed by atoms with Crippen molar-refractivity contribution < 1.29 is 0 Å². The van der Waals surface area contributed by atoms with Crippen molar-refractivity contribution in [2.24, 2.45) is 0 Å². The van der Waals surface area contributed by atoms with Crippen LogP contribution in [-0.2, 0) is 0 Å². The fraction of sp³-hybridized carbons (Fsp3) is 0.385. The van der Waals surface area contributed by atoms with Crippen LogP contribution in [0.1, 0.15) is 0 Å². The van der Waals surface area contributed by atoms with E-state index in [2.05, 4.69) is 45.2 Å². The Hall–Kier alpha value is -1.68. The Labute approximate surface area is 101 Å². The minimum atomic E-state index is 1.10. The predicted octanol–water partition coefficient (Wildman–Crippen LogP) is 1.38. The molecule has 1 saturated heterocycles. The number of hydrogen-bond donors (Lipinski definition) is 0. The molecule has 4 nitrogen and oxygen atoms in total. The molecule has 0 unspecified atom stereocenters. The number of fused-ring (bicyclic) bond motifs is 1. The Balaban J connectivity index is 1.90. The first kappa shape index (κ1) is 10.5. The third-order valence-electron chi connectivity index (χ3n) is 3.40. The van der Waals surface area contributed by atoms with E-state index in [1.54, 1.807) is 0 Å². The zero-order valence-electron chi connectivity index (χ0n) is 10.0. The van der Waals surface area contributed by atoms with Crippen LogP contribution >= 0.6 is 0 Å². The minimum absolute atomic E-state index is 1.10.